The van der Waals surface area contributed by atoms with Crippen LogP contribution in [0.5, 0.6) is 0 Å². The Morgan fingerprint density at radius 2 is 2.07 bits per heavy atom. The van der Waals surface area contributed by atoms with E-state index in [1.165, 1.54) is 11.1 Å². The topological polar surface area (TPSA) is 49.5 Å². The predicted octanol–water partition coefficient (Wildman–Crippen LogP) is 0.364. The summed E-state index contributed by atoms with van der Waals surface area (Å²) in [6.45, 7) is 2.86. The zero-order chi connectivity index (χ0) is 10.7. The number of nitrogens with two attached hydrogens (primary N) is 1. The lowest BCUT2D eigenvalue weighted by Gasteiger charge is -2.30. The third kappa shape index (κ3) is 2.56. The van der Waals surface area contributed by atoms with E-state index >= 15 is 0 Å². The first-order chi connectivity index (χ1) is 7.29. The monoisotopic (exact) mass is 206 g/mol. The number of hydrogen-bond acceptors (Lipinski definition) is 3. The highest BCUT2D eigenvalue weighted by Gasteiger charge is 2.16. The minimum absolute atomic E-state index is 0.0676. The van der Waals surface area contributed by atoms with Crippen LogP contribution >= 0.6 is 0 Å². The van der Waals surface area contributed by atoms with Crippen molar-refractivity contribution >= 4 is 0 Å². The number of nitrogens with zero attached hydrogens (tertiary/aromatic N) is 1. The number of aliphatic hydroxyl groups excluding tert-OH is 1. The maximum absolute atomic E-state index is 8.91. The molecule has 1 aromatic carbocycles. The Kier molecular flexibility index (Phi) is 3.36. The molecule has 0 saturated heterocycles. The lowest BCUT2D eigenvalue weighted by atomic mass is 10.00. The summed E-state index contributed by atoms with van der Waals surface area (Å²) in [5.41, 5.74) is 8.58. The zero-order valence-corrected chi connectivity index (χ0v) is 8.89. The van der Waals surface area contributed by atoms with Gasteiger partial charge in [-0.3, -0.25) is 4.90 Å². The van der Waals surface area contributed by atoms with Gasteiger partial charge in [-0.15, -0.1) is 0 Å². The number of aliphatic hydroxyl groups is 1. The Hall–Kier alpha value is -0.900. The molecule has 1 atom stereocenters. The van der Waals surface area contributed by atoms with Gasteiger partial charge in [-0.25, -0.2) is 0 Å². The van der Waals surface area contributed by atoms with E-state index in [-0.39, 0.29) is 12.6 Å². The predicted molar refractivity (Wildman–Crippen MR) is 60.5 cm³/mol. The largest absolute Gasteiger partial charge is 0.395 e. The van der Waals surface area contributed by atoms with E-state index in [9.17, 15) is 0 Å². The molecule has 0 fully saturated rings. The van der Waals surface area contributed by atoms with Crippen molar-refractivity contribution < 1.29 is 5.11 Å². The highest BCUT2D eigenvalue weighted by atomic mass is 16.3. The maximum Gasteiger partial charge on any atom is 0.0595 e. The van der Waals surface area contributed by atoms with E-state index in [2.05, 4.69) is 29.2 Å². The van der Waals surface area contributed by atoms with Crippen LogP contribution < -0.4 is 5.73 Å². The standard InChI is InChI=1S/C12H18N2O/c13-12(9-15)8-14-6-5-10-3-1-2-4-11(10)7-14/h1-4,12,15H,5-9,13H2. The van der Waals surface area contributed by atoms with Crippen LogP contribution in [0.4, 0.5) is 0 Å². The molecule has 1 aliphatic rings. The molecule has 0 bridgehead atoms. The average molecular weight is 206 g/mol. The van der Waals surface area contributed by atoms with Crippen molar-refractivity contribution in [3.63, 3.8) is 0 Å². The number of fused-ring (bicyclic) bond motifs is 1. The zero-order valence-electron chi connectivity index (χ0n) is 8.89. The summed E-state index contributed by atoms with van der Waals surface area (Å²) in [5.74, 6) is 0. The van der Waals surface area contributed by atoms with Crippen LogP contribution in [0.15, 0.2) is 24.3 Å². The normalized spacial score (nSPS) is 18.5. The van der Waals surface area contributed by atoms with E-state index in [1.54, 1.807) is 0 Å². The summed E-state index contributed by atoms with van der Waals surface area (Å²) in [4.78, 5) is 2.31. The van der Waals surface area contributed by atoms with Crippen LogP contribution in [0.25, 0.3) is 0 Å². The third-order valence-electron chi connectivity index (χ3n) is 2.94. The van der Waals surface area contributed by atoms with Gasteiger partial charge in [0.25, 0.3) is 0 Å². The number of benzene rings is 1. The van der Waals surface area contributed by atoms with E-state index in [0.717, 1.165) is 26.1 Å². The lowest BCUT2D eigenvalue weighted by Crippen LogP contribution is -2.42. The van der Waals surface area contributed by atoms with Gasteiger partial charge in [0.05, 0.1) is 6.61 Å². The summed E-state index contributed by atoms with van der Waals surface area (Å²) in [6.07, 6.45) is 1.09. The summed E-state index contributed by atoms with van der Waals surface area (Å²) < 4.78 is 0. The Bertz CT molecular complexity index is 327. The minimum atomic E-state index is -0.115. The fourth-order valence-corrected chi connectivity index (χ4v) is 2.10. The van der Waals surface area contributed by atoms with Crippen molar-refractivity contribution in [2.24, 2.45) is 5.73 Å². The molecule has 0 aromatic heterocycles. The van der Waals surface area contributed by atoms with Gasteiger partial charge in [-0.05, 0) is 17.5 Å². The molecule has 1 unspecified atom stereocenters. The molecule has 2 rings (SSSR count). The minimum Gasteiger partial charge on any atom is -0.395 e. The van der Waals surface area contributed by atoms with Crippen LogP contribution in [0, 0.1) is 0 Å². The van der Waals surface area contributed by atoms with E-state index in [4.69, 9.17) is 10.8 Å². The smallest absolute Gasteiger partial charge is 0.0595 e. The second-order valence-corrected chi connectivity index (χ2v) is 4.20. The molecular weight excluding hydrogens is 188 g/mol. The average Bonchev–Trinajstić information content (AvgIpc) is 2.29. The fourth-order valence-electron chi connectivity index (χ4n) is 2.10. The van der Waals surface area contributed by atoms with E-state index in [0.29, 0.717) is 0 Å². The molecule has 0 spiro atoms. The van der Waals surface area contributed by atoms with Gasteiger partial charge in [0, 0.05) is 25.7 Å². The summed E-state index contributed by atoms with van der Waals surface area (Å²) in [7, 11) is 0. The molecule has 82 valence electrons. The highest BCUT2D eigenvalue weighted by molar-refractivity contribution is 5.29. The first-order valence-corrected chi connectivity index (χ1v) is 5.45. The molecule has 0 aliphatic carbocycles. The van der Waals surface area contributed by atoms with E-state index < -0.39 is 0 Å². The van der Waals surface area contributed by atoms with Gasteiger partial charge < -0.3 is 10.8 Å². The lowest BCUT2D eigenvalue weighted by molar-refractivity contribution is 0.191. The molecule has 1 aromatic rings. The number of rotatable bonds is 3. The molecule has 1 heterocycles. The molecule has 3 nitrogen and oxygen atoms in total. The molecule has 0 amide bonds. The van der Waals surface area contributed by atoms with Crippen LogP contribution in [-0.4, -0.2) is 35.7 Å². The van der Waals surface area contributed by atoms with Crippen molar-refractivity contribution in [2.75, 3.05) is 19.7 Å². The van der Waals surface area contributed by atoms with Crippen molar-refractivity contribution in [1.29, 1.82) is 0 Å². The highest BCUT2D eigenvalue weighted by Crippen LogP contribution is 2.18. The van der Waals surface area contributed by atoms with Gasteiger partial charge in [0.1, 0.15) is 0 Å². The first kappa shape index (κ1) is 10.6. The van der Waals surface area contributed by atoms with E-state index in [1.807, 2.05) is 0 Å². The second kappa shape index (κ2) is 4.75. The van der Waals surface area contributed by atoms with Crippen LogP contribution in [0.1, 0.15) is 11.1 Å². The second-order valence-electron chi connectivity index (χ2n) is 4.20. The van der Waals surface area contributed by atoms with Gasteiger partial charge in [0.15, 0.2) is 0 Å². The van der Waals surface area contributed by atoms with Crippen LogP contribution in [0.2, 0.25) is 0 Å². The van der Waals surface area contributed by atoms with Crippen LogP contribution in [-0.2, 0) is 13.0 Å². The Morgan fingerprint density at radius 1 is 1.33 bits per heavy atom. The third-order valence-corrected chi connectivity index (χ3v) is 2.94. The molecule has 0 saturated carbocycles. The van der Waals surface area contributed by atoms with Gasteiger partial charge in [-0.1, -0.05) is 24.3 Å². The Morgan fingerprint density at radius 3 is 2.80 bits per heavy atom. The van der Waals surface area contributed by atoms with Crippen molar-refractivity contribution in [1.82, 2.24) is 4.90 Å². The SMILES string of the molecule is NC(CO)CN1CCc2ccccc2C1. The van der Waals surface area contributed by atoms with Gasteiger partial charge in [0.2, 0.25) is 0 Å². The summed E-state index contributed by atoms with van der Waals surface area (Å²) in [6, 6.07) is 8.42. The molecule has 0 radical (unpaired) electrons. The van der Waals surface area contributed by atoms with Crippen molar-refractivity contribution in [3.05, 3.63) is 35.4 Å². The fraction of sp³-hybridized carbons (Fsp3) is 0.500. The van der Waals surface area contributed by atoms with Crippen LogP contribution in [0.3, 0.4) is 0 Å². The molecule has 1 aliphatic heterocycles. The molecule has 3 N–H and O–H groups in total. The number of hydrogen-bond donors (Lipinski definition) is 2. The quantitative estimate of drug-likeness (QED) is 0.751. The molecular formula is C12H18N2O. The summed E-state index contributed by atoms with van der Waals surface area (Å²) in [5, 5.41) is 8.91. The Labute approximate surface area is 90.5 Å². The van der Waals surface area contributed by atoms with Crippen molar-refractivity contribution in [2.45, 2.75) is 19.0 Å². The first-order valence-electron chi connectivity index (χ1n) is 5.45. The summed E-state index contributed by atoms with van der Waals surface area (Å²) >= 11 is 0. The Balaban J connectivity index is 1.99. The van der Waals surface area contributed by atoms with Crippen molar-refractivity contribution in [3.8, 4) is 0 Å². The van der Waals surface area contributed by atoms with Gasteiger partial charge in [-0.2, -0.15) is 0 Å². The van der Waals surface area contributed by atoms with Gasteiger partial charge >= 0.3 is 0 Å². The molecule has 3 heteroatoms. The molecule has 15 heavy (non-hydrogen) atoms. The maximum atomic E-state index is 8.91.